The molecule has 1 amide bonds. The van der Waals surface area contributed by atoms with E-state index in [0.717, 1.165) is 16.7 Å². The summed E-state index contributed by atoms with van der Waals surface area (Å²) in [5.41, 5.74) is 1.34. The molecule has 0 bridgehead atoms. The number of carbonyl (C=O) groups is 1. The molecular formula is C22H15Cl2NO2S. The van der Waals surface area contributed by atoms with Crippen LogP contribution in [0.4, 0.5) is 5.69 Å². The van der Waals surface area contributed by atoms with Gasteiger partial charge in [-0.2, -0.15) is 0 Å². The van der Waals surface area contributed by atoms with Crippen LogP contribution in [0.2, 0.25) is 10.0 Å². The number of hydrogen-bond acceptors (Lipinski definition) is 3. The zero-order chi connectivity index (χ0) is 19.5. The number of hydrogen-bond donors (Lipinski definition) is 1. The zero-order valence-corrected chi connectivity index (χ0v) is 16.9. The lowest BCUT2D eigenvalue weighted by atomic mass is 10.1. The van der Waals surface area contributed by atoms with Gasteiger partial charge in [-0.05, 0) is 46.5 Å². The molecule has 4 aromatic rings. The highest BCUT2D eigenvalue weighted by atomic mass is 35.5. The van der Waals surface area contributed by atoms with Crippen LogP contribution in [0.3, 0.4) is 0 Å². The number of carbonyl (C=O) groups excluding carboxylic acids is 1. The molecule has 0 aliphatic carbocycles. The molecule has 0 spiro atoms. The first-order valence-electron chi connectivity index (χ1n) is 8.54. The summed E-state index contributed by atoms with van der Waals surface area (Å²) < 4.78 is 5.88. The first-order chi connectivity index (χ1) is 13.6. The fourth-order valence-electron chi connectivity index (χ4n) is 2.79. The molecule has 0 saturated heterocycles. The third-order valence-corrected chi connectivity index (χ3v) is 5.81. The highest BCUT2D eigenvalue weighted by molar-refractivity contribution is 7.12. The fraction of sp³-hybridized carbons (Fsp3) is 0.0455. The van der Waals surface area contributed by atoms with Crippen molar-refractivity contribution in [1.29, 1.82) is 0 Å². The van der Waals surface area contributed by atoms with Gasteiger partial charge in [0.15, 0.2) is 0 Å². The number of nitrogens with one attached hydrogen (secondary N) is 1. The van der Waals surface area contributed by atoms with Gasteiger partial charge in [-0.1, -0.05) is 59.6 Å². The molecule has 28 heavy (non-hydrogen) atoms. The minimum Gasteiger partial charge on any atom is -0.489 e. The van der Waals surface area contributed by atoms with Gasteiger partial charge in [-0.15, -0.1) is 11.3 Å². The predicted molar refractivity (Wildman–Crippen MR) is 117 cm³/mol. The quantitative estimate of drug-likeness (QED) is 0.370. The highest BCUT2D eigenvalue weighted by Crippen LogP contribution is 2.31. The van der Waals surface area contributed by atoms with Crippen molar-refractivity contribution < 1.29 is 9.53 Å². The van der Waals surface area contributed by atoms with Gasteiger partial charge in [-0.3, -0.25) is 4.79 Å². The van der Waals surface area contributed by atoms with Crippen LogP contribution in [-0.4, -0.2) is 5.91 Å². The van der Waals surface area contributed by atoms with Crippen LogP contribution in [0.1, 0.15) is 15.2 Å². The van der Waals surface area contributed by atoms with Crippen LogP contribution in [0, 0.1) is 0 Å². The summed E-state index contributed by atoms with van der Waals surface area (Å²) in [5.74, 6) is 0.538. The summed E-state index contributed by atoms with van der Waals surface area (Å²) in [6.07, 6.45) is 0. The van der Waals surface area contributed by atoms with Crippen LogP contribution in [-0.2, 0) is 6.61 Å². The van der Waals surface area contributed by atoms with Gasteiger partial charge in [0.05, 0.1) is 20.6 Å². The number of thiophene rings is 1. The summed E-state index contributed by atoms with van der Waals surface area (Å²) in [6.45, 7) is 0.384. The summed E-state index contributed by atoms with van der Waals surface area (Å²) in [7, 11) is 0. The molecule has 1 N–H and O–H groups in total. The Morgan fingerprint density at radius 1 is 0.929 bits per heavy atom. The molecular weight excluding hydrogens is 413 g/mol. The predicted octanol–water partition coefficient (Wildman–Crippen LogP) is 7.04. The van der Waals surface area contributed by atoms with E-state index in [0.29, 0.717) is 27.2 Å². The fourth-order valence-corrected chi connectivity index (χ4v) is 4.07. The third kappa shape index (κ3) is 4.14. The van der Waals surface area contributed by atoms with Crippen LogP contribution in [0.15, 0.2) is 72.1 Å². The first kappa shape index (κ1) is 18.8. The van der Waals surface area contributed by atoms with E-state index < -0.39 is 0 Å². The Labute approximate surface area is 176 Å². The second-order valence-corrected chi connectivity index (χ2v) is 7.89. The molecule has 0 unspecified atom stereocenters. The Morgan fingerprint density at radius 2 is 1.68 bits per heavy atom. The average Bonchev–Trinajstić information content (AvgIpc) is 3.18. The van der Waals surface area contributed by atoms with E-state index in [1.54, 1.807) is 18.2 Å². The topological polar surface area (TPSA) is 38.3 Å². The largest absolute Gasteiger partial charge is 0.489 e. The molecule has 140 valence electrons. The van der Waals surface area contributed by atoms with Crippen LogP contribution in [0.25, 0.3) is 10.8 Å². The Balaban J connectivity index is 1.43. The van der Waals surface area contributed by atoms with Crippen LogP contribution in [0.5, 0.6) is 5.75 Å². The van der Waals surface area contributed by atoms with Gasteiger partial charge in [0.1, 0.15) is 12.4 Å². The van der Waals surface area contributed by atoms with Gasteiger partial charge in [0, 0.05) is 5.56 Å². The Hall–Kier alpha value is -2.53. The summed E-state index contributed by atoms with van der Waals surface area (Å²) >= 11 is 13.6. The van der Waals surface area contributed by atoms with Crippen molar-refractivity contribution in [2.45, 2.75) is 6.61 Å². The van der Waals surface area contributed by atoms with Crippen molar-refractivity contribution in [3.8, 4) is 5.75 Å². The standard InChI is InChI=1S/C22H15Cl2NO2S/c23-18-6-3-7-19(24)21(18)25-22(26)20-10-14(13-28-20)12-27-17-9-8-15-4-1-2-5-16(15)11-17/h1-11,13H,12H2,(H,25,26). The number of anilines is 1. The van der Waals surface area contributed by atoms with Gasteiger partial charge in [0.2, 0.25) is 0 Å². The van der Waals surface area contributed by atoms with Crippen LogP contribution < -0.4 is 10.1 Å². The molecule has 1 heterocycles. The molecule has 4 rings (SSSR count). The van der Waals surface area contributed by atoms with E-state index >= 15 is 0 Å². The molecule has 1 aromatic heterocycles. The van der Waals surface area contributed by atoms with Gasteiger partial charge in [-0.25, -0.2) is 0 Å². The minimum atomic E-state index is -0.253. The lowest BCUT2D eigenvalue weighted by molar-refractivity contribution is 0.103. The van der Waals surface area contributed by atoms with Gasteiger partial charge in [0.25, 0.3) is 5.91 Å². The molecule has 0 aliphatic rings. The Bertz CT molecular complexity index is 1140. The van der Waals surface area contributed by atoms with Gasteiger partial charge < -0.3 is 10.1 Å². The monoisotopic (exact) mass is 427 g/mol. The number of para-hydroxylation sites is 1. The molecule has 3 nitrogen and oxygen atoms in total. The van der Waals surface area contributed by atoms with E-state index in [2.05, 4.69) is 17.4 Å². The van der Waals surface area contributed by atoms with Crippen molar-refractivity contribution in [2.24, 2.45) is 0 Å². The third-order valence-electron chi connectivity index (χ3n) is 4.21. The summed E-state index contributed by atoms with van der Waals surface area (Å²) in [5, 5.41) is 7.77. The van der Waals surface area contributed by atoms with E-state index in [-0.39, 0.29) is 5.91 Å². The Kier molecular flexibility index (Phi) is 5.53. The van der Waals surface area contributed by atoms with Crippen molar-refractivity contribution in [1.82, 2.24) is 0 Å². The number of amides is 1. The minimum absolute atomic E-state index is 0.253. The second-order valence-electron chi connectivity index (χ2n) is 6.17. The maximum absolute atomic E-state index is 12.5. The average molecular weight is 428 g/mol. The van der Waals surface area contributed by atoms with Gasteiger partial charge >= 0.3 is 0 Å². The molecule has 0 atom stereocenters. The maximum atomic E-state index is 12.5. The summed E-state index contributed by atoms with van der Waals surface area (Å²) in [6, 6.07) is 21.0. The summed E-state index contributed by atoms with van der Waals surface area (Å²) in [4.78, 5) is 13.1. The van der Waals surface area contributed by atoms with Crippen molar-refractivity contribution in [3.63, 3.8) is 0 Å². The number of rotatable bonds is 5. The van der Waals surface area contributed by atoms with Crippen LogP contribution >= 0.6 is 34.5 Å². The van der Waals surface area contributed by atoms with E-state index in [9.17, 15) is 4.79 Å². The lowest BCUT2D eigenvalue weighted by Crippen LogP contribution is -2.11. The zero-order valence-electron chi connectivity index (χ0n) is 14.6. The number of halogens is 2. The molecule has 3 aromatic carbocycles. The number of benzene rings is 3. The number of ether oxygens (including phenoxy) is 1. The van der Waals surface area contributed by atoms with E-state index in [4.69, 9.17) is 27.9 Å². The number of fused-ring (bicyclic) bond motifs is 1. The molecule has 0 saturated carbocycles. The normalized spacial score (nSPS) is 10.8. The highest BCUT2D eigenvalue weighted by Gasteiger charge is 2.14. The van der Waals surface area contributed by atoms with Crippen molar-refractivity contribution in [2.75, 3.05) is 5.32 Å². The lowest BCUT2D eigenvalue weighted by Gasteiger charge is -2.08. The smallest absolute Gasteiger partial charge is 0.265 e. The second kappa shape index (κ2) is 8.23. The molecule has 6 heteroatoms. The molecule has 0 radical (unpaired) electrons. The van der Waals surface area contributed by atoms with E-state index in [1.165, 1.54) is 16.7 Å². The maximum Gasteiger partial charge on any atom is 0.265 e. The Morgan fingerprint density at radius 3 is 2.46 bits per heavy atom. The van der Waals surface area contributed by atoms with E-state index in [1.807, 2.05) is 41.8 Å². The van der Waals surface area contributed by atoms with Crippen molar-refractivity contribution in [3.05, 3.63) is 92.6 Å². The van der Waals surface area contributed by atoms with Crippen molar-refractivity contribution >= 4 is 56.9 Å². The molecule has 0 fully saturated rings. The SMILES string of the molecule is O=C(Nc1c(Cl)cccc1Cl)c1cc(COc2ccc3ccccc3c2)cs1. The molecule has 0 aliphatic heterocycles. The first-order valence-corrected chi connectivity index (χ1v) is 10.2.